The summed E-state index contributed by atoms with van der Waals surface area (Å²) in [4.78, 5) is 28.6. The summed E-state index contributed by atoms with van der Waals surface area (Å²) in [6, 6.07) is 9.87. The number of fused-ring (bicyclic) bond motifs is 1. The van der Waals surface area contributed by atoms with E-state index in [1.807, 2.05) is 49.1 Å². The van der Waals surface area contributed by atoms with Gasteiger partial charge in [-0.15, -0.1) is 0 Å². The van der Waals surface area contributed by atoms with Gasteiger partial charge in [0.2, 0.25) is 5.91 Å². The van der Waals surface area contributed by atoms with Crippen LogP contribution in [0.5, 0.6) is 5.75 Å². The maximum absolute atomic E-state index is 13.1. The number of nitrogens with zero attached hydrogens (tertiary/aromatic N) is 5. The predicted octanol–water partition coefficient (Wildman–Crippen LogP) is 2.42. The fourth-order valence-electron chi connectivity index (χ4n) is 4.08. The molecule has 0 N–H and O–H groups in total. The Labute approximate surface area is 172 Å². The van der Waals surface area contributed by atoms with Gasteiger partial charge in [0.25, 0.3) is 0 Å². The van der Waals surface area contributed by atoms with E-state index in [0.29, 0.717) is 19.7 Å². The molecule has 1 aromatic heterocycles. The van der Waals surface area contributed by atoms with Crippen LogP contribution in [0.1, 0.15) is 24.4 Å². The SMILES string of the molecule is Cc1cc(N2CCCN(CC(=O)N3CCCOc4ccccc43)CC2)nc(C)n1. The van der Waals surface area contributed by atoms with E-state index in [9.17, 15) is 4.79 Å². The smallest absolute Gasteiger partial charge is 0.241 e. The molecule has 3 heterocycles. The Hall–Kier alpha value is -2.67. The van der Waals surface area contributed by atoms with Gasteiger partial charge < -0.3 is 14.5 Å². The van der Waals surface area contributed by atoms with Crippen molar-refractivity contribution in [3.63, 3.8) is 0 Å². The molecular weight excluding hydrogens is 366 g/mol. The molecule has 7 nitrogen and oxygen atoms in total. The van der Waals surface area contributed by atoms with Crippen LogP contribution >= 0.6 is 0 Å². The Balaban J connectivity index is 1.41. The second-order valence-corrected chi connectivity index (χ2v) is 7.75. The summed E-state index contributed by atoms with van der Waals surface area (Å²) in [5, 5.41) is 0. The van der Waals surface area contributed by atoms with Crippen molar-refractivity contribution in [2.45, 2.75) is 26.7 Å². The molecule has 154 valence electrons. The van der Waals surface area contributed by atoms with Crippen molar-refractivity contribution < 1.29 is 9.53 Å². The van der Waals surface area contributed by atoms with Crippen LogP contribution in [-0.2, 0) is 4.79 Å². The quantitative estimate of drug-likeness (QED) is 0.795. The van der Waals surface area contributed by atoms with E-state index in [2.05, 4.69) is 19.8 Å². The van der Waals surface area contributed by atoms with E-state index in [0.717, 1.165) is 67.8 Å². The van der Waals surface area contributed by atoms with Gasteiger partial charge in [0.05, 0.1) is 18.8 Å². The van der Waals surface area contributed by atoms with Gasteiger partial charge in [0.15, 0.2) is 0 Å². The summed E-state index contributed by atoms with van der Waals surface area (Å²) in [6.07, 6.45) is 1.86. The van der Waals surface area contributed by atoms with Crippen LogP contribution in [0.25, 0.3) is 0 Å². The van der Waals surface area contributed by atoms with Gasteiger partial charge in [-0.25, -0.2) is 9.97 Å². The van der Waals surface area contributed by atoms with Crippen molar-refractivity contribution in [3.05, 3.63) is 41.9 Å². The number of aromatic nitrogens is 2. The number of rotatable bonds is 3. The molecular formula is C22H29N5O2. The highest BCUT2D eigenvalue weighted by Crippen LogP contribution is 2.30. The molecule has 1 aromatic carbocycles. The normalized spacial score (nSPS) is 17.9. The molecule has 4 rings (SSSR count). The molecule has 2 aliphatic rings. The molecule has 0 atom stereocenters. The average Bonchev–Trinajstić information content (AvgIpc) is 3.06. The number of ether oxygens (including phenoxy) is 1. The monoisotopic (exact) mass is 395 g/mol. The van der Waals surface area contributed by atoms with Crippen LogP contribution in [0.3, 0.4) is 0 Å². The van der Waals surface area contributed by atoms with Crippen molar-refractivity contribution in [3.8, 4) is 5.75 Å². The second-order valence-electron chi connectivity index (χ2n) is 7.75. The minimum Gasteiger partial charge on any atom is -0.491 e. The van der Waals surface area contributed by atoms with Crippen LogP contribution in [0, 0.1) is 13.8 Å². The molecule has 7 heteroatoms. The number of benzene rings is 1. The van der Waals surface area contributed by atoms with Gasteiger partial charge in [-0.3, -0.25) is 9.69 Å². The maximum atomic E-state index is 13.1. The van der Waals surface area contributed by atoms with Gasteiger partial charge in [-0.1, -0.05) is 12.1 Å². The first-order valence-corrected chi connectivity index (χ1v) is 10.4. The molecule has 2 aromatic rings. The van der Waals surface area contributed by atoms with E-state index in [4.69, 9.17) is 4.74 Å². The van der Waals surface area contributed by atoms with Crippen molar-refractivity contribution in [2.24, 2.45) is 0 Å². The number of anilines is 2. The van der Waals surface area contributed by atoms with Crippen molar-refractivity contribution in [2.75, 3.05) is 55.7 Å². The maximum Gasteiger partial charge on any atom is 0.241 e. The predicted molar refractivity (Wildman–Crippen MR) is 114 cm³/mol. The lowest BCUT2D eigenvalue weighted by Crippen LogP contribution is -2.42. The summed E-state index contributed by atoms with van der Waals surface area (Å²) in [5.74, 6) is 2.74. The van der Waals surface area contributed by atoms with Crippen LogP contribution in [0.4, 0.5) is 11.5 Å². The van der Waals surface area contributed by atoms with Crippen molar-refractivity contribution in [1.82, 2.24) is 14.9 Å². The average molecular weight is 396 g/mol. The third kappa shape index (κ3) is 4.67. The van der Waals surface area contributed by atoms with Gasteiger partial charge in [-0.05, 0) is 38.8 Å². The minimum atomic E-state index is 0.144. The Morgan fingerprint density at radius 3 is 2.76 bits per heavy atom. The highest BCUT2D eigenvalue weighted by atomic mass is 16.5. The summed E-state index contributed by atoms with van der Waals surface area (Å²) in [7, 11) is 0. The lowest BCUT2D eigenvalue weighted by Gasteiger charge is -2.26. The van der Waals surface area contributed by atoms with E-state index in [-0.39, 0.29) is 5.91 Å². The standard InChI is InChI=1S/C22H29N5O2/c1-17-15-21(24-18(2)23-17)26-10-5-9-25(12-13-26)16-22(28)27-11-6-14-29-20-8-4-3-7-19(20)27/h3-4,7-8,15H,5-6,9-14,16H2,1-2H3. The van der Waals surface area contributed by atoms with Crippen LogP contribution in [0.2, 0.25) is 0 Å². The zero-order valence-corrected chi connectivity index (χ0v) is 17.3. The van der Waals surface area contributed by atoms with E-state index < -0.39 is 0 Å². The fourth-order valence-corrected chi connectivity index (χ4v) is 4.08. The first-order valence-electron chi connectivity index (χ1n) is 10.4. The summed E-state index contributed by atoms with van der Waals surface area (Å²) >= 11 is 0. The molecule has 0 radical (unpaired) electrons. The number of para-hydroxylation sites is 2. The Bertz CT molecular complexity index is 852. The molecule has 0 aliphatic carbocycles. The minimum absolute atomic E-state index is 0.144. The molecule has 2 aliphatic heterocycles. The molecule has 0 saturated carbocycles. The lowest BCUT2D eigenvalue weighted by atomic mass is 10.2. The first kappa shape index (κ1) is 19.6. The number of carbonyl (C=O) groups is 1. The van der Waals surface area contributed by atoms with E-state index in [1.165, 1.54) is 0 Å². The number of hydrogen-bond acceptors (Lipinski definition) is 6. The van der Waals surface area contributed by atoms with Crippen LogP contribution in [-0.4, -0.2) is 66.7 Å². The van der Waals surface area contributed by atoms with Gasteiger partial charge in [0, 0.05) is 44.5 Å². The summed E-state index contributed by atoms with van der Waals surface area (Å²) < 4.78 is 5.79. The van der Waals surface area contributed by atoms with Crippen molar-refractivity contribution in [1.29, 1.82) is 0 Å². The summed E-state index contributed by atoms with van der Waals surface area (Å²) in [6.45, 7) is 9.29. The number of amides is 1. The Morgan fingerprint density at radius 2 is 1.90 bits per heavy atom. The fraction of sp³-hybridized carbons (Fsp3) is 0.500. The third-order valence-electron chi connectivity index (χ3n) is 5.46. The third-order valence-corrected chi connectivity index (χ3v) is 5.46. The van der Waals surface area contributed by atoms with Crippen LogP contribution < -0.4 is 14.5 Å². The molecule has 29 heavy (non-hydrogen) atoms. The Kier molecular flexibility index (Phi) is 5.94. The molecule has 0 bridgehead atoms. The number of aryl methyl sites for hydroxylation is 2. The zero-order chi connectivity index (χ0) is 20.2. The molecule has 1 amide bonds. The highest BCUT2D eigenvalue weighted by molar-refractivity contribution is 5.96. The topological polar surface area (TPSA) is 61.8 Å². The first-order chi connectivity index (χ1) is 14.1. The van der Waals surface area contributed by atoms with Gasteiger partial charge in [-0.2, -0.15) is 0 Å². The molecule has 1 saturated heterocycles. The molecule has 1 fully saturated rings. The molecule has 0 unspecified atom stereocenters. The Morgan fingerprint density at radius 1 is 1.03 bits per heavy atom. The van der Waals surface area contributed by atoms with E-state index >= 15 is 0 Å². The lowest BCUT2D eigenvalue weighted by molar-refractivity contribution is -0.119. The van der Waals surface area contributed by atoms with Gasteiger partial charge in [0.1, 0.15) is 17.4 Å². The summed E-state index contributed by atoms with van der Waals surface area (Å²) in [5.41, 5.74) is 1.88. The highest BCUT2D eigenvalue weighted by Gasteiger charge is 2.25. The van der Waals surface area contributed by atoms with Crippen molar-refractivity contribution >= 4 is 17.4 Å². The van der Waals surface area contributed by atoms with Gasteiger partial charge >= 0.3 is 0 Å². The second kappa shape index (κ2) is 8.78. The van der Waals surface area contributed by atoms with E-state index in [1.54, 1.807) is 0 Å². The zero-order valence-electron chi connectivity index (χ0n) is 17.3. The largest absolute Gasteiger partial charge is 0.491 e. The molecule has 0 spiro atoms. The number of carbonyl (C=O) groups excluding carboxylic acids is 1. The van der Waals surface area contributed by atoms with Crippen LogP contribution in [0.15, 0.2) is 30.3 Å². The number of hydrogen-bond donors (Lipinski definition) is 0.